The molecular formula is C18H18ClN3O4. The average molecular weight is 376 g/mol. The normalized spacial score (nSPS) is 13.5. The molecule has 3 rings (SSSR count). The summed E-state index contributed by atoms with van der Waals surface area (Å²) in [6.07, 6.45) is 1.95. The van der Waals surface area contributed by atoms with Crippen molar-refractivity contribution in [1.29, 1.82) is 0 Å². The number of carbonyl (C=O) groups excluding carboxylic acids is 1. The minimum atomic E-state index is -0.453. The number of ether oxygens (including phenoxy) is 1. The van der Waals surface area contributed by atoms with Crippen LogP contribution in [0.5, 0.6) is 5.75 Å². The quantitative estimate of drug-likeness (QED) is 0.628. The van der Waals surface area contributed by atoms with Gasteiger partial charge in [0.25, 0.3) is 11.6 Å². The standard InChI is InChI=1S/C18H18ClN3O4/c1-26-17-7-3-2-6-12(17)18(23)20-14-11-15(21-8-4-5-9-21)16(22(24)25)10-13(14)19/h2-3,6-7,10-11H,4-5,8-9H2,1H3,(H,20,23). The lowest BCUT2D eigenvalue weighted by Gasteiger charge is -2.19. The minimum Gasteiger partial charge on any atom is -0.496 e. The number of halogens is 1. The molecule has 2 aromatic rings. The van der Waals surface area contributed by atoms with E-state index in [1.807, 2.05) is 4.90 Å². The van der Waals surface area contributed by atoms with Gasteiger partial charge in [0.05, 0.1) is 28.3 Å². The van der Waals surface area contributed by atoms with Crippen molar-refractivity contribution < 1.29 is 14.5 Å². The number of carbonyl (C=O) groups is 1. The van der Waals surface area contributed by atoms with Crippen LogP contribution in [-0.4, -0.2) is 31.0 Å². The number of nitrogens with one attached hydrogen (secondary N) is 1. The largest absolute Gasteiger partial charge is 0.496 e. The topological polar surface area (TPSA) is 84.7 Å². The maximum atomic E-state index is 12.6. The number of nitrogens with zero attached hydrogens (tertiary/aromatic N) is 2. The lowest BCUT2D eigenvalue weighted by atomic mass is 10.1. The predicted octanol–water partition coefficient (Wildman–Crippen LogP) is 4.11. The molecule has 0 saturated carbocycles. The van der Waals surface area contributed by atoms with E-state index in [-0.39, 0.29) is 10.7 Å². The van der Waals surface area contributed by atoms with Crippen LogP contribution in [0, 0.1) is 10.1 Å². The maximum absolute atomic E-state index is 12.6. The van der Waals surface area contributed by atoms with Crippen molar-refractivity contribution in [2.24, 2.45) is 0 Å². The van der Waals surface area contributed by atoms with E-state index in [0.717, 1.165) is 25.9 Å². The molecule has 0 unspecified atom stereocenters. The van der Waals surface area contributed by atoms with Crippen LogP contribution in [0.15, 0.2) is 36.4 Å². The van der Waals surface area contributed by atoms with E-state index in [4.69, 9.17) is 16.3 Å². The SMILES string of the molecule is COc1ccccc1C(=O)Nc1cc(N2CCCC2)c([N+](=O)[O-])cc1Cl. The van der Waals surface area contributed by atoms with Gasteiger partial charge < -0.3 is 15.0 Å². The van der Waals surface area contributed by atoms with Crippen molar-refractivity contribution in [1.82, 2.24) is 0 Å². The average Bonchev–Trinajstić information content (AvgIpc) is 3.17. The second kappa shape index (κ2) is 7.61. The van der Waals surface area contributed by atoms with E-state index < -0.39 is 10.8 Å². The highest BCUT2D eigenvalue weighted by atomic mass is 35.5. The van der Waals surface area contributed by atoms with Gasteiger partial charge in [0.2, 0.25) is 0 Å². The number of nitro benzene ring substituents is 1. The van der Waals surface area contributed by atoms with E-state index in [1.165, 1.54) is 13.2 Å². The second-order valence-corrected chi connectivity index (χ2v) is 6.33. The third-order valence-electron chi connectivity index (χ3n) is 4.31. The van der Waals surface area contributed by atoms with Gasteiger partial charge >= 0.3 is 0 Å². The van der Waals surface area contributed by atoms with Crippen LogP contribution < -0.4 is 15.0 Å². The zero-order valence-electron chi connectivity index (χ0n) is 14.2. The van der Waals surface area contributed by atoms with Crippen LogP contribution in [-0.2, 0) is 0 Å². The number of hydrogen-bond acceptors (Lipinski definition) is 5. The van der Waals surface area contributed by atoms with Gasteiger partial charge in [-0.2, -0.15) is 0 Å². The fourth-order valence-corrected chi connectivity index (χ4v) is 3.23. The molecule has 0 bridgehead atoms. The van der Waals surface area contributed by atoms with Crippen LogP contribution in [0.25, 0.3) is 0 Å². The summed E-state index contributed by atoms with van der Waals surface area (Å²) in [4.78, 5) is 25.5. The fraction of sp³-hybridized carbons (Fsp3) is 0.278. The Kier molecular flexibility index (Phi) is 5.27. The van der Waals surface area contributed by atoms with Gasteiger partial charge in [-0.05, 0) is 31.0 Å². The smallest absolute Gasteiger partial charge is 0.294 e. The Morgan fingerprint density at radius 2 is 1.96 bits per heavy atom. The Balaban J connectivity index is 1.95. The first kappa shape index (κ1) is 18.0. The zero-order chi connectivity index (χ0) is 18.7. The van der Waals surface area contributed by atoms with Gasteiger partial charge in [0.1, 0.15) is 11.4 Å². The summed E-state index contributed by atoms with van der Waals surface area (Å²) in [7, 11) is 1.48. The summed E-state index contributed by atoms with van der Waals surface area (Å²) in [6.45, 7) is 1.48. The van der Waals surface area contributed by atoms with E-state index in [0.29, 0.717) is 22.7 Å². The molecule has 1 aliphatic heterocycles. The summed E-state index contributed by atoms with van der Waals surface area (Å²) in [6, 6.07) is 9.66. The predicted molar refractivity (Wildman–Crippen MR) is 101 cm³/mol. The molecular weight excluding hydrogens is 358 g/mol. The van der Waals surface area contributed by atoms with Gasteiger partial charge in [-0.1, -0.05) is 23.7 Å². The monoisotopic (exact) mass is 375 g/mol. The lowest BCUT2D eigenvalue weighted by molar-refractivity contribution is -0.384. The number of nitro groups is 1. The van der Waals surface area contributed by atoms with Crippen molar-refractivity contribution in [3.8, 4) is 5.75 Å². The van der Waals surface area contributed by atoms with Crippen LogP contribution in [0.3, 0.4) is 0 Å². The van der Waals surface area contributed by atoms with E-state index in [2.05, 4.69) is 5.32 Å². The number of rotatable bonds is 5. The minimum absolute atomic E-state index is 0.0628. The lowest BCUT2D eigenvalue weighted by Crippen LogP contribution is -2.20. The van der Waals surface area contributed by atoms with Crippen LogP contribution in [0.1, 0.15) is 23.2 Å². The number of para-hydroxylation sites is 1. The van der Waals surface area contributed by atoms with Crippen molar-refractivity contribution >= 4 is 34.6 Å². The Morgan fingerprint density at radius 3 is 2.62 bits per heavy atom. The highest BCUT2D eigenvalue weighted by Gasteiger charge is 2.25. The van der Waals surface area contributed by atoms with Crippen molar-refractivity contribution in [2.75, 3.05) is 30.4 Å². The molecule has 7 nitrogen and oxygen atoms in total. The van der Waals surface area contributed by atoms with Gasteiger partial charge in [-0.15, -0.1) is 0 Å². The van der Waals surface area contributed by atoms with Crippen molar-refractivity contribution in [3.63, 3.8) is 0 Å². The van der Waals surface area contributed by atoms with E-state index >= 15 is 0 Å². The molecule has 0 radical (unpaired) electrons. The Morgan fingerprint density at radius 1 is 1.27 bits per heavy atom. The summed E-state index contributed by atoms with van der Waals surface area (Å²) in [5.41, 5.74) is 1.08. The molecule has 2 aromatic carbocycles. The van der Waals surface area contributed by atoms with Gasteiger partial charge in [0, 0.05) is 19.2 Å². The fourth-order valence-electron chi connectivity index (χ4n) is 3.03. The summed E-state index contributed by atoms with van der Waals surface area (Å²) in [5, 5.41) is 14.2. The van der Waals surface area contributed by atoms with Gasteiger partial charge in [-0.3, -0.25) is 14.9 Å². The Bertz CT molecular complexity index is 850. The molecule has 0 atom stereocenters. The number of amides is 1. The maximum Gasteiger partial charge on any atom is 0.294 e. The molecule has 8 heteroatoms. The molecule has 1 fully saturated rings. The molecule has 1 heterocycles. The third kappa shape index (κ3) is 3.57. The van der Waals surface area contributed by atoms with Crippen LogP contribution in [0.4, 0.5) is 17.1 Å². The first-order chi connectivity index (χ1) is 12.5. The second-order valence-electron chi connectivity index (χ2n) is 5.93. The molecule has 136 valence electrons. The summed E-state index contributed by atoms with van der Waals surface area (Å²) >= 11 is 6.19. The molecule has 26 heavy (non-hydrogen) atoms. The number of methoxy groups -OCH3 is 1. The summed E-state index contributed by atoms with van der Waals surface area (Å²) in [5.74, 6) is 0.0355. The van der Waals surface area contributed by atoms with E-state index in [9.17, 15) is 14.9 Å². The highest BCUT2D eigenvalue weighted by molar-refractivity contribution is 6.34. The highest BCUT2D eigenvalue weighted by Crippen LogP contribution is 2.38. The number of hydrogen-bond donors (Lipinski definition) is 1. The molecule has 0 aliphatic carbocycles. The zero-order valence-corrected chi connectivity index (χ0v) is 15.0. The Hall–Kier alpha value is -2.80. The van der Waals surface area contributed by atoms with Crippen LogP contribution in [0.2, 0.25) is 5.02 Å². The van der Waals surface area contributed by atoms with Crippen molar-refractivity contribution in [2.45, 2.75) is 12.8 Å². The van der Waals surface area contributed by atoms with Gasteiger partial charge in [-0.25, -0.2) is 0 Å². The number of benzene rings is 2. The number of anilines is 2. The Labute approximate surface area is 155 Å². The first-order valence-corrected chi connectivity index (χ1v) is 8.56. The molecule has 1 amide bonds. The molecule has 1 aliphatic rings. The molecule has 1 N–H and O–H groups in total. The first-order valence-electron chi connectivity index (χ1n) is 8.18. The molecule has 1 saturated heterocycles. The molecule has 0 spiro atoms. The third-order valence-corrected chi connectivity index (χ3v) is 4.62. The van der Waals surface area contributed by atoms with Crippen LogP contribution >= 0.6 is 11.6 Å². The summed E-state index contributed by atoms with van der Waals surface area (Å²) < 4.78 is 5.20. The van der Waals surface area contributed by atoms with Crippen molar-refractivity contribution in [3.05, 3.63) is 57.1 Å². The molecule has 0 aromatic heterocycles. The van der Waals surface area contributed by atoms with E-state index in [1.54, 1.807) is 30.3 Å². The van der Waals surface area contributed by atoms with Gasteiger partial charge in [0.15, 0.2) is 0 Å².